The van der Waals surface area contributed by atoms with Crippen LogP contribution in [0.4, 0.5) is 19.0 Å². The third kappa shape index (κ3) is 3.70. The molecule has 1 unspecified atom stereocenters. The largest absolute Gasteiger partial charge is 0.433 e. The third-order valence-electron chi connectivity index (χ3n) is 3.18. The Morgan fingerprint density at radius 1 is 1.47 bits per heavy atom. The molecule has 4 nitrogen and oxygen atoms in total. The molecular formula is C11H14ClF3N4. The van der Waals surface area contributed by atoms with Gasteiger partial charge in [-0.3, -0.25) is 0 Å². The molecule has 1 atom stereocenters. The molecule has 1 aromatic rings. The molecule has 8 heteroatoms. The summed E-state index contributed by atoms with van der Waals surface area (Å²) < 4.78 is 37.7. The van der Waals surface area contributed by atoms with Crippen LogP contribution < -0.4 is 5.32 Å². The van der Waals surface area contributed by atoms with Gasteiger partial charge in [0.2, 0.25) is 5.28 Å². The summed E-state index contributed by atoms with van der Waals surface area (Å²) in [4.78, 5) is 9.10. The van der Waals surface area contributed by atoms with Crippen molar-refractivity contribution in [2.45, 2.75) is 25.1 Å². The maximum atomic E-state index is 12.6. The number of halogens is 4. The van der Waals surface area contributed by atoms with Crippen molar-refractivity contribution >= 4 is 17.4 Å². The second kappa shape index (κ2) is 5.50. The van der Waals surface area contributed by atoms with Crippen molar-refractivity contribution in [3.63, 3.8) is 0 Å². The first-order valence-electron chi connectivity index (χ1n) is 5.92. The van der Waals surface area contributed by atoms with Crippen molar-refractivity contribution in [1.82, 2.24) is 14.9 Å². The molecule has 1 saturated heterocycles. The van der Waals surface area contributed by atoms with Crippen LogP contribution >= 0.6 is 11.6 Å². The van der Waals surface area contributed by atoms with Gasteiger partial charge in [0.25, 0.3) is 0 Å². The summed E-state index contributed by atoms with van der Waals surface area (Å²) in [5.74, 6) is 0.104. The molecular weight excluding hydrogens is 281 g/mol. The van der Waals surface area contributed by atoms with E-state index >= 15 is 0 Å². The van der Waals surface area contributed by atoms with E-state index in [2.05, 4.69) is 20.2 Å². The van der Waals surface area contributed by atoms with Crippen LogP contribution in [-0.4, -0.2) is 41.0 Å². The summed E-state index contributed by atoms with van der Waals surface area (Å²) in [7, 11) is 1.99. The monoisotopic (exact) mass is 294 g/mol. The van der Waals surface area contributed by atoms with Crippen molar-refractivity contribution in [2.75, 3.05) is 25.5 Å². The molecule has 0 amide bonds. The Kier molecular flexibility index (Phi) is 4.15. The summed E-state index contributed by atoms with van der Waals surface area (Å²) in [6, 6.07) is 1.18. The molecule has 0 radical (unpaired) electrons. The molecule has 1 aromatic heterocycles. The molecule has 0 aliphatic carbocycles. The van der Waals surface area contributed by atoms with Crippen molar-refractivity contribution in [1.29, 1.82) is 0 Å². The third-order valence-corrected chi connectivity index (χ3v) is 3.35. The van der Waals surface area contributed by atoms with Crippen LogP contribution in [0.1, 0.15) is 18.5 Å². The lowest BCUT2D eigenvalue weighted by molar-refractivity contribution is -0.141. The van der Waals surface area contributed by atoms with Gasteiger partial charge in [0.05, 0.1) is 0 Å². The number of nitrogens with one attached hydrogen (secondary N) is 1. The van der Waals surface area contributed by atoms with Gasteiger partial charge >= 0.3 is 6.18 Å². The van der Waals surface area contributed by atoms with Crippen molar-refractivity contribution < 1.29 is 13.2 Å². The highest BCUT2D eigenvalue weighted by atomic mass is 35.5. The zero-order valence-electron chi connectivity index (χ0n) is 10.3. The van der Waals surface area contributed by atoms with Gasteiger partial charge in [0.1, 0.15) is 5.82 Å². The van der Waals surface area contributed by atoms with Gasteiger partial charge in [-0.05, 0) is 38.0 Å². The number of alkyl halides is 3. The fraction of sp³-hybridized carbons (Fsp3) is 0.636. The van der Waals surface area contributed by atoms with E-state index in [0.717, 1.165) is 25.5 Å². The summed E-state index contributed by atoms with van der Waals surface area (Å²) in [6.07, 6.45) is -2.40. The van der Waals surface area contributed by atoms with Gasteiger partial charge in [-0.1, -0.05) is 0 Å². The minimum atomic E-state index is -4.52. The Bertz CT molecular complexity index is 452. The van der Waals surface area contributed by atoms with Crippen LogP contribution in [0.15, 0.2) is 6.07 Å². The van der Waals surface area contributed by atoms with Gasteiger partial charge in [-0.2, -0.15) is 13.2 Å². The van der Waals surface area contributed by atoms with Crippen LogP contribution in [0.5, 0.6) is 0 Å². The number of rotatable bonds is 3. The van der Waals surface area contributed by atoms with E-state index in [1.54, 1.807) is 0 Å². The minimum absolute atomic E-state index is 0.104. The van der Waals surface area contributed by atoms with E-state index in [1.165, 1.54) is 0 Å². The predicted molar refractivity (Wildman–Crippen MR) is 66.2 cm³/mol. The Morgan fingerprint density at radius 3 is 2.79 bits per heavy atom. The number of likely N-dealkylation sites (N-methyl/N-ethyl adjacent to an activating group) is 1. The average molecular weight is 295 g/mol. The first kappa shape index (κ1) is 14.3. The molecule has 19 heavy (non-hydrogen) atoms. The van der Waals surface area contributed by atoms with E-state index < -0.39 is 17.2 Å². The zero-order valence-corrected chi connectivity index (χ0v) is 11.1. The highest BCUT2D eigenvalue weighted by Gasteiger charge is 2.33. The molecule has 0 saturated carbocycles. The molecule has 2 rings (SSSR count). The van der Waals surface area contributed by atoms with Crippen LogP contribution in [0.2, 0.25) is 5.28 Å². The Morgan fingerprint density at radius 2 is 2.21 bits per heavy atom. The Balaban J connectivity index is 2.06. The summed E-state index contributed by atoms with van der Waals surface area (Å²) in [5.41, 5.74) is -1.03. The highest BCUT2D eigenvalue weighted by Crippen LogP contribution is 2.29. The lowest BCUT2D eigenvalue weighted by atomic mass is 10.2. The quantitative estimate of drug-likeness (QED) is 0.870. The van der Waals surface area contributed by atoms with Crippen LogP contribution in [0, 0.1) is 0 Å². The second-order valence-electron chi connectivity index (χ2n) is 4.56. The number of nitrogens with zero attached hydrogens (tertiary/aromatic N) is 3. The molecule has 1 aliphatic rings. The number of likely N-dealkylation sites (tertiary alicyclic amines) is 1. The molecule has 1 aliphatic heterocycles. The molecule has 1 N–H and O–H groups in total. The van der Waals surface area contributed by atoms with E-state index in [4.69, 9.17) is 11.6 Å². The second-order valence-corrected chi connectivity index (χ2v) is 4.90. The normalized spacial score (nSPS) is 20.8. The van der Waals surface area contributed by atoms with Gasteiger partial charge in [-0.15, -0.1) is 0 Å². The summed E-state index contributed by atoms with van der Waals surface area (Å²) in [5, 5.41) is 2.49. The maximum absolute atomic E-state index is 12.6. The van der Waals surface area contributed by atoms with Crippen LogP contribution in [0.25, 0.3) is 0 Å². The molecule has 0 bridgehead atoms. The molecule has 106 valence electrons. The number of hydrogen-bond acceptors (Lipinski definition) is 4. The van der Waals surface area contributed by atoms with Gasteiger partial charge < -0.3 is 10.2 Å². The zero-order chi connectivity index (χ0) is 14.0. The standard InChI is InChI=1S/C11H14ClF3N4/c1-19-4-2-3-7(19)6-16-9-5-8(11(13,14)15)17-10(12)18-9/h5,7H,2-4,6H2,1H3,(H,16,17,18). The number of anilines is 1. The summed E-state index contributed by atoms with van der Waals surface area (Å²) in [6.45, 7) is 1.55. The topological polar surface area (TPSA) is 41.0 Å². The van der Waals surface area contributed by atoms with Gasteiger partial charge in [-0.25, -0.2) is 9.97 Å². The number of hydrogen-bond donors (Lipinski definition) is 1. The Labute approximate surface area is 114 Å². The van der Waals surface area contributed by atoms with Crippen molar-refractivity contribution in [3.05, 3.63) is 17.0 Å². The SMILES string of the molecule is CN1CCCC1CNc1cc(C(F)(F)F)nc(Cl)n1. The van der Waals surface area contributed by atoms with Gasteiger partial charge in [0, 0.05) is 18.7 Å². The predicted octanol–water partition coefficient (Wildman–Crippen LogP) is 2.65. The molecule has 0 spiro atoms. The lowest BCUT2D eigenvalue weighted by Gasteiger charge is -2.20. The van der Waals surface area contributed by atoms with E-state index in [0.29, 0.717) is 12.6 Å². The maximum Gasteiger partial charge on any atom is 0.433 e. The summed E-state index contributed by atoms with van der Waals surface area (Å²) >= 11 is 5.51. The first-order chi connectivity index (χ1) is 8.86. The van der Waals surface area contributed by atoms with Crippen LogP contribution in [-0.2, 0) is 6.18 Å². The molecule has 0 aromatic carbocycles. The fourth-order valence-corrected chi connectivity index (χ4v) is 2.30. The molecule has 2 heterocycles. The van der Waals surface area contributed by atoms with E-state index in [9.17, 15) is 13.2 Å². The minimum Gasteiger partial charge on any atom is -0.368 e. The smallest absolute Gasteiger partial charge is 0.368 e. The average Bonchev–Trinajstić information content (AvgIpc) is 2.70. The van der Waals surface area contributed by atoms with Crippen LogP contribution in [0.3, 0.4) is 0 Å². The first-order valence-corrected chi connectivity index (χ1v) is 6.30. The fourth-order valence-electron chi connectivity index (χ4n) is 2.11. The molecule has 1 fully saturated rings. The van der Waals surface area contributed by atoms with Crippen molar-refractivity contribution in [3.8, 4) is 0 Å². The van der Waals surface area contributed by atoms with E-state index in [1.807, 2.05) is 7.05 Å². The number of aromatic nitrogens is 2. The Hall–Kier alpha value is -1.08. The lowest BCUT2D eigenvalue weighted by Crippen LogP contribution is -2.31. The van der Waals surface area contributed by atoms with Crippen molar-refractivity contribution in [2.24, 2.45) is 0 Å². The van der Waals surface area contributed by atoms with Gasteiger partial charge in [0.15, 0.2) is 5.69 Å². The van der Waals surface area contributed by atoms with E-state index in [-0.39, 0.29) is 5.82 Å². The highest BCUT2D eigenvalue weighted by molar-refractivity contribution is 6.28.